The van der Waals surface area contributed by atoms with E-state index in [1.807, 2.05) is 14.1 Å². The molecule has 0 unspecified atom stereocenters. The number of nitrogens with one attached hydrogen (secondary N) is 1. The van der Waals surface area contributed by atoms with Crippen LogP contribution in [0.4, 0.5) is 5.69 Å². The number of aryl methyl sites for hydroxylation is 1. The molecule has 4 nitrogen and oxygen atoms in total. The van der Waals surface area contributed by atoms with Crippen LogP contribution in [0.15, 0.2) is 48.7 Å². The highest BCUT2D eigenvalue weighted by Crippen LogP contribution is 2.42. The number of hydrogen-bond donors (Lipinski definition) is 1. The van der Waals surface area contributed by atoms with E-state index < -0.39 is 0 Å². The Morgan fingerprint density at radius 2 is 1.86 bits per heavy atom. The summed E-state index contributed by atoms with van der Waals surface area (Å²) < 4.78 is 2.24. The summed E-state index contributed by atoms with van der Waals surface area (Å²) in [4.78, 5) is 14.5. The summed E-state index contributed by atoms with van der Waals surface area (Å²) in [6.45, 7) is 3.65. The molecule has 1 aromatic heterocycles. The average molecular weight is 429 g/mol. The van der Waals surface area contributed by atoms with Crippen molar-refractivity contribution in [2.24, 2.45) is 5.41 Å². The zero-order chi connectivity index (χ0) is 20.7. The van der Waals surface area contributed by atoms with Gasteiger partial charge in [0.05, 0.1) is 5.41 Å². The molecule has 0 bridgehead atoms. The van der Waals surface area contributed by atoms with Gasteiger partial charge in [-0.05, 0) is 36.8 Å². The van der Waals surface area contributed by atoms with Crippen LogP contribution in [0.2, 0.25) is 0 Å². The molecule has 0 atom stereocenters. The number of hydrogen-bond acceptors (Lipinski definition) is 4. The van der Waals surface area contributed by atoms with Gasteiger partial charge in [0.25, 0.3) is 0 Å². The van der Waals surface area contributed by atoms with Gasteiger partial charge in [0.2, 0.25) is 11.6 Å². The molecule has 0 spiro atoms. The van der Waals surface area contributed by atoms with Crippen LogP contribution >= 0.6 is 21.6 Å². The number of amides is 1. The highest BCUT2D eigenvalue weighted by Gasteiger charge is 2.37. The second kappa shape index (κ2) is 10.2. The van der Waals surface area contributed by atoms with Crippen molar-refractivity contribution in [3.63, 3.8) is 0 Å². The summed E-state index contributed by atoms with van der Waals surface area (Å²) >= 11 is 0. The number of benzene rings is 1. The molecule has 0 aliphatic carbocycles. The van der Waals surface area contributed by atoms with E-state index >= 15 is 0 Å². The molecule has 6 heteroatoms. The van der Waals surface area contributed by atoms with Crippen molar-refractivity contribution in [3.8, 4) is 0 Å². The van der Waals surface area contributed by atoms with E-state index in [4.69, 9.17) is 0 Å². The van der Waals surface area contributed by atoms with E-state index in [-0.39, 0.29) is 11.3 Å². The third kappa shape index (κ3) is 6.03. The third-order valence-electron chi connectivity index (χ3n) is 5.08. The van der Waals surface area contributed by atoms with Gasteiger partial charge in [0.1, 0.15) is 0 Å². The number of anilines is 1. The van der Waals surface area contributed by atoms with Crippen LogP contribution in [-0.2, 0) is 11.3 Å². The Bertz CT molecular complexity index is 843. The highest BCUT2D eigenvalue weighted by atomic mass is 33.1. The minimum atomic E-state index is -0.217. The molecule has 29 heavy (non-hydrogen) atoms. The molecule has 1 amide bonds. The van der Waals surface area contributed by atoms with Crippen LogP contribution in [-0.4, -0.2) is 38.1 Å². The maximum Gasteiger partial charge on any atom is 0.227 e. The Hall–Kier alpha value is -1.92. The monoisotopic (exact) mass is 428 g/mol. The molecular weight excluding hydrogens is 398 g/mol. The lowest BCUT2D eigenvalue weighted by Crippen LogP contribution is -2.43. The number of carbonyl (C=O) groups is 1. The van der Waals surface area contributed by atoms with Gasteiger partial charge in [-0.3, -0.25) is 4.79 Å². The number of nitrogens with zero attached hydrogens (tertiary/aromatic N) is 2. The lowest BCUT2D eigenvalue weighted by molar-refractivity contribution is -0.698. The SMILES string of the molecule is CN(C)c1ccc(/C=C/c2cccc[n+]2CCCNC(=O)C2(C)CSSC2)cc1. The lowest BCUT2D eigenvalue weighted by atomic mass is 9.95. The van der Waals surface area contributed by atoms with E-state index in [9.17, 15) is 4.79 Å². The van der Waals surface area contributed by atoms with E-state index in [1.54, 1.807) is 21.6 Å². The van der Waals surface area contributed by atoms with Crippen molar-refractivity contribution in [2.75, 3.05) is 37.0 Å². The van der Waals surface area contributed by atoms with Crippen molar-refractivity contribution < 1.29 is 9.36 Å². The highest BCUT2D eigenvalue weighted by molar-refractivity contribution is 8.77. The first-order chi connectivity index (χ1) is 14.0. The van der Waals surface area contributed by atoms with Crippen molar-refractivity contribution >= 4 is 45.3 Å². The standard InChI is InChI=1S/C23H29N3OS2/c1-23(17-28-29-18-23)22(27)24-14-6-16-26-15-5-4-7-21(26)13-10-19-8-11-20(12-9-19)25(2)3/h4-5,7-13,15H,6,14,16-18H2,1-3H3/p+1. The minimum Gasteiger partial charge on any atom is -0.378 e. The van der Waals surface area contributed by atoms with Gasteiger partial charge in [0.15, 0.2) is 12.7 Å². The molecule has 2 aromatic rings. The van der Waals surface area contributed by atoms with Crippen LogP contribution < -0.4 is 14.8 Å². The summed E-state index contributed by atoms with van der Waals surface area (Å²) in [6.07, 6.45) is 7.30. The predicted octanol–water partition coefficient (Wildman–Crippen LogP) is 4.12. The quantitative estimate of drug-likeness (QED) is 0.390. The Kier molecular flexibility index (Phi) is 7.67. The molecule has 1 fully saturated rings. The average Bonchev–Trinajstić information content (AvgIpc) is 3.18. The smallest absolute Gasteiger partial charge is 0.227 e. The fourth-order valence-electron chi connectivity index (χ4n) is 3.09. The first-order valence-electron chi connectivity index (χ1n) is 9.95. The van der Waals surface area contributed by atoms with Gasteiger partial charge in [-0.15, -0.1) is 0 Å². The van der Waals surface area contributed by atoms with Crippen LogP contribution in [0.5, 0.6) is 0 Å². The van der Waals surface area contributed by atoms with Gasteiger partial charge in [-0.1, -0.05) is 33.7 Å². The molecule has 0 saturated carbocycles. The molecule has 3 rings (SSSR count). The number of carbonyl (C=O) groups excluding carboxylic acids is 1. The van der Waals surface area contributed by atoms with Gasteiger partial charge >= 0.3 is 0 Å². The minimum absolute atomic E-state index is 0.189. The Labute approximate surface area is 182 Å². The maximum atomic E-state index is 12.4. The predicted molar refractivity (Wildman–Crippen MR) is 127 cm³/mol. The van der Waals surface area contributed by atoms with Crippen LogP contribution in [0.3, 0.4) is 0 Å². The summed E-state index contributed by atoms with van der Waals surface area (Å²) in [5, 5.41) is 3.13. The van der Waals surface area contributed by atoms with E-state index in [2.05, 4.69) is 82.5 Å². The Balaban J connectivity index is 1.54. The van der Waals surface area contributed by atoms with Gasteiger partial charge < -0.3 is 10.2 Å². The van der Waals surface area contributed by atoms with Crippen molar-refractivity contribution in [2.45, 2.75) is 19.9 Å². The maximum absolute atomic E-state index is 12.4. The zero-order valence-electron chi connectivity index (χ0n) is 17.4. The number of rotatable bonds is 8. The van der Waals surface area contributed by atoms with Gasteiger partial charge in [0, 0.05) is 62.5 Å². The Morgan fingerprint density at radius 1 is 1.14 bits per heavy atom. The van der Waals surface area contributed by atoms with Crippen molar-refractivity contribution in [1.82, 2.24) is 5.32 Å². The summed E-state index contributed by atoms with van der Waals surface area (Å²) in [5.74, 6) is 2.00. The van der Waals surface area contributed by atoms with Crippen LogP contribution in [0, 0.1) is 5.41 Å². The molecule has 1 N–H and O–H groups in total. The fourth-order valence-corrected chi connectivity index (χ4v) is 6.43. The molecule has 0 radical (unpaired) electrons. The van der Waals surface area contributed by atoms with Crippen LogP contribution in [0.25, 0.3) is 12.2 Å². The Morgan fingerprint density at radius 3 is 2.55 bits per heavy atom. The number of pyridine rings is 1. The third-order valence-corrected chi connectivity index (χ3v) is 7.96. The summed E-state index contributed by atoms with van der Waals surface area (Å²) in [6, 6.07) is 14.8. The van der Waals surface area contributed by atoms with E-state index in [0.29, 0.717) is 6.54 Å². The summed E-state index contributed by atoms with van der Waals surface area (Å²) in [7, 11) is 7.69. The first-order valence-corrected chi connectivity index (χ1v) is 12.4. The van der Waals surface area contributed by atoms with Gasteiger partial charge in [-0.25, -0.2) is 0 Å². The zero-order valence-corrected chi connectivity index (χ0v) is 19.1. The van der Waals surface area contributed by atoms with E-state index in [0.717, 1.165) is 30.2 Å². The second-order valence-electron chi connectivity index (χ2n) is 7.83. The topological polar surface area (TPSA) is 36.2 Å². The van der Waals surface area contributed by atoms with Crippen molar-refractivity contribution in [3.05, 3.63) is 59.9 Å². The lowest BCUT2D eigenvalue weighted by Gasteiger charge is -2.20. The van der Waals surface area contributed by atoms with Gasteiger partial charge in [-0.2, -0.15) is 4.57 Å². The molecule has 1 saturated heterocycles. The molecule has 1 aliphatic rings. The molecular formula is C23H30N3OS2+. The van der Waals surface area contributed by atoms with E-state index in [1.165, 1.54) is 11.3 Å². The second-order valence-corrected chi connectivity index (χ2v) is 10.3. The normalized spacial score (nSPS) is 15.6. The van der Waals surface area contributed by atoms with Crippen LogP contribution in [0.1, 0.15) is 24.6 Å². The first kappa shape index (κ1) is 21.8. The molecule has 1 aromatic carbocycles. The molecule has 1 aliphatic heterocycles. The number of aromatic nitrogens is 1. The molecule has 2 heterocycles. The summed E-state index contributed by atoms with van der Waals surface area (Å²) in [5.41, 5.74) is 3.32. The fraction of sp³-hybridized carbons (Fsp3) is 0.391. The molecule has 154 valence electrons. The van der Waals surface area contributed by atoms with Crippen molar-refractivity contribution in [1.29, 1.82) is 0 Å². The largest absolute Gasteiger partial charge is 0.378 e.